The molecule has 6 heteroatoms. The van der Waals surface area contributed by atoms with Gasteiger partial charge in [-0.2, -0.15) is 9.97 Å². The highest BCUT2D eigenvalue weighted by Gasteiger charge is 2.20. The number of rotatable bonds is 5. The smallest absolute Gasteiger partial charge is 0.238 e. The summed E-state index contributed by atoms with van der Waals surface area (Å²) in [6.07, 6.45) is 0. The summed E-state index contributed by atoms with van der Waals surface area (Å²) in [4.78, 5) is 19.7. The van der Waals surface area contributed by atoms with Gasteiger partial charge in [0.05, 0.1) is 32.2 Å². The fourth-order valence-corrected chi connectivity index (χ4v) is 6.61. The van der Waals surface area contributed by atoms with Crippen LogP contribution in [-0.2, 0) is 0 Å². The molecule has 0 spiro atoms. The third-order valence-electron chi connectivity index (χ3n) is 7.79. The Hall–Kier alpha value is -5.98. The number of benzene rings is 6. The second-order valence-corrected chi connectivity index (χ2v) is 11.6. The number of hydrogen-bond acceptors (Lipinski definition) is 5. The molecule has 5 nitrogen and oxygen atoms in total. The summed E-state index contributed by atoms with van der Waals surface area (Å²) in [5, 5.41) is 0.680. The zero-order valence-corrected chi connectivity index (χ0v) is 24.8. The molecule has 0 N–H and O–H groups in total. The highest BCUT2D eigenvalue weighted by atomic mass is 32.1. The highest BCUT2D eigenvalue weighted by Crippen LogP contribution is 2.37. The lowest BCUT2D eigenvalue weighted by atomic mass is 10.0. The van der Waals surface area contributed by atoms with Gasteiger partial charge in [-0.15, -0.1) is 11.3 Å². The standard InChI is InChI=1S/C40H25N5S/c1-3-12-26(13-4-1)27-22-24-28(25-23-27)37-42-38(32-18-11-21-35-36(32)41-39(46-35)29-14-5-2-6-15-29)44-40(43-37)45-33-19-9-7-16-30(33)31-17-8-10-20-34(31)45/h1-25H/i7D,8D,9D,10D,16D,17D,19D,20D. The van der Waals surface area contributed by atoms with Gasteiger partial charge in [-0.25, -0.2) is 9.97 Å². The van der Waals surface area contributed by atoms with Gasteiger partial charge in [0.25, 0.3) is 0 Å². The zero-order chi connectivity index (χ0) is 37.4. The van der Waals surface area contributed by atoms with Gasteiger partial charge in [0.2, 0.25) is 5.95 Å². The molecule has 0 aliphatic carbocycles. The van der Waals surface area contributed by atoms with Crippen LogP contribution >= 0.6 is 11.3 Å². The molecule has 0 fully saturated rings. The average Bonchev–Trinajstić information content (AvgIpc) is 3.82. The lowest BCUT2D eigenvalue weighted by Gasteiger charge is -2.11. The molecule has 0 amide bonds. The van der Waals surface area contributed by atoms with Crippen molar-refractivity contribution in [2.24, 2.45) is 0 Å². The van der Waals surface area contributed by atoms with E-state index in [-0.39, 0.29) is 39.4 Å². The number of para-hydroxylation sites is 3. The van der Waals surface area contributed by atoms with Crippen molar-refractivity contribution in [3.63, 3.8) is 0 Å². The summed E-state index contributed by atoms with van der Waals surface area (Å²) in [5.41, 5.74) is 4.65. The van der Waals surface area contributed by atoms with Gasteiger partial charge in [0.1, 0.15) is 5.01 Å². The van der Waals surface area contributed by atoms with Crippen LogP contribution in [0.4, 0.5) is 0 Å². The van der Waals surface area contributed by atoms with Crippen molar-refractivity contribution < 1.29 is 11.0 Å². The molecule has 0 atom stereocenters. The van der Waals surface area contributed by atoms with Crippen molar-refractivity contribution in [2.45, 2.75) is 0 Å². The molecule has 216 valence electrons. The fourth-order valence-electron chi connectivity index (χ4n) is 5.61. The number of thiazole rings is 1. The summed E-state index contributed by atoms with van der Waals surface area (Å²) in [5.74, 6) is 0.365. The quantitative estimate of drug-likeness (QED) is 0.193. The SMILES string of the molecule is [2H]c1c([2H])c([2H])c2c(c1[2H])c1c([2H])c([2H])c([2H])c([2H])c1n2-c1nc(-c2ccc(-c3ccccc3)cc2)nc(-c2cccc3sc(-c4ccccc4)nc23)n1. The van der Waals surface area contributed by atoms with Crippen LogP contribution in [0.5, 0.6) is 0 Å². The Kier molecular flexibility index (Phi) is 4.59. The molecule has 0 unspecified atom stereocenters. The summed E-state index contributed by atoms with van der Waals surface area (Å²) in [6.45, 7) is 0. The van der Waals surface area contributed by atoms with E-state index in [1.807, 2.05) is 103 Å². The highest BCUT2D eigenvalue weighted by molar-refractivity contribution is 7.21. The average molecular weight is 616 g/mol. The summed E-state index contributed by atoms with van der Waals surface area (Å²) < 4.78 is 72.0. The lowest BCUT2D eigenvalue weighted by Crippen LogP contribution is -2.06. The topological polar surface area (TPSA) is 56.5 Å². The number of aromatic nitrogens is 5. The van der Waals surface area contributed by atoms with Crippen molar-refractivity contribution in [1.82, 2.24) is 24.5 Å². The van der Waals surface area contributed by atoms with E-state index < -0.39 is 48.3 Å². The maximum Gasteiger partial charge on any atom is 0.238 e. The molecule has 0 saturated heterocycles. The first-order chi connectivity index (χ1) is 26.1. The molecule has 0 aliphatic rings. The van der Waals surface area contributed by atoms with Gasteiger partial charge >= 0.3 is 0 Å². The Bertz CT molecular complexity index is 2890. The number of nitrogens with zero attached hydrogens (tertiary/aromatic N) is 5. The summed E-state index contributed by atoms with van der Waals surface area (Å²) in [7, 11) is 0. The molecular weight excluding hydrogens is 583 g/mol. The van der Waals surface area contributed by atoms with Crippen LogP contribution in [0.1, 0.15) is 11.0 Å². The molecule has 0 bridgehead atoms. The van der Waals surface area contributed by atoms with E-state index in [9.17, 15) is 0 Å². The normalized spacial score (nSPS) is 13.9. The Labute approximate surface area is 280 Å². The van der Waals surface area contributed by atoms with Crippen molar-refractivity contribution in [2.75, 3.05) is 0 Å². The summed E-state index contributed by atoms with van der Waals surface area (Å²) in [6, 6.07) is 29.2. The minimum absolute atomic E-state index is 0.0622. The van der Waals surface area contributed by atoms with Crippen LogP contribution in [0, 0.1) is 0 Å². The minimum Gasteiger partial charge on any atom is -0.278 e. The van der Waals surface area contributed by atoms with Crippen molar-refractivity contribution in [1.29, 1.82) is 0 Å². The lowest BCUT2D eigenvalue weighted by molar-refractivity contribution is 0.954. The second kappa shape index (κ2) is 10.9. The molecule has 6 aromatic carbocycles. The van der Waals surface area contributed by atoms with Gasteiger partial charge < -0.3 is 0 Å². The molecule has 0 aliphatic heterocycles. The van der Waals surface area contributed by atoms with Crippen LogP contribution in [0.3, 0.4) is 0 Å². The third kappa shape index (κ3) is 4.47. The van der Waals surface area contributed by atoms with E-state index in [4.69, 9.17) is 30.9 Å². The monoisotopic (exact) mass is 615 g/mol. The second-order valence-electron chi connectivity index (χ2n) is 10.5. The van der Waals surface area contributed by atoms with Crippen LogP contribution in [0.25, 0.3) is 82.4 Å². The maximum absolute atomic E-state index is 9.02. The van der Waals surface area contributed by atoms with E-state index in [1.165, 1.54) is 15.9 Å². The molecule has 0 radical (unpaired) electrons. The van der Waals surface area contributed by atoms with Gasteiger partial charge in [0.15, 0.2) is 11.6 Å². The molecule has 3 heterocycles. The predicted molar refractivity (Wildman–Crippen MR) is 189 cm³/mol. The maximum atomic E-state index is 9.02. The van der Waals surface area contributed by atoms with E-state index >= 15 is 0 Å². The van der Waals surface area contributed by atoms with Crippen molar-refractivity contribution >= 4 is 43.4 Å². The molecule has 46 heavy (non-hydrogen) atoms. The number of hydrogen-bond donors (Lipinski definition) is 0. The van der Waals surface area contributed by atoms with E-state index in [2.05, 4.69) is 0 Å². The Morgan fingerprint density at radius 2 is 1.09 bits per heavy atom. The van der Waals surface area contributed by atoms with Gasteiger partial charge in [0, 0.05) is 27.5 Å². The molecule has 9 aromatic rings. The minimum atomic E-state index is -0.529. The van der Waals surface area contributed by atoms with Crippen LogP contribution in [0.15, 0.2) is 151 Å². The zero-order valence-electron chi connectivity index (χ0n) is 32.0. The third-order valence-corrected chi connectivity index (χ3v) is 8.86. The largest absolute Gasteiger partial charge is 0.278 e. The van der Waals surface area contributed by atoms with Crippen LogP contribution < -0.4 is 0 Å². The fraction of sp³-hybridized carbons (Fsp3) is 0. The van der Waals surface area contributed by atoms with Crippen LogP contribution in [-0.4, -0.2) is 24.5 Å². The molecule has 0 saturated carbocycles. The van der Waals surface area contributed by atoms with Gasteiger partial charge in [-0.3, -0.25) is 4.57 Å². The van der Waals surface area contributed by atoms with E-state index in [0.717, 1.165) is 26.4 Å². The number of fused-ring (bicyclic) bond motifs is 4. The Balaban J connectivity index is 1.37. The first-order valence-electron chi connectivity index (χ1n) is 18.5. The Morgan fingerprint density at radius 3 is 1.78 bits per heavy atom. The molecule has 3 aromatic heterocycles. The van der Waals surface area contributed by atoms with E-state index in [0.29, 0.717) is 16.6 Å². The first kappa shape index (κ1) is 19.4. The summed E-state index contributed by atoms with van der Waals surface area (Å²) >= 11 is 1.52. The Morgan fingerprint density at radius 1 is 0.500 bits per heavy atom. The van der Waals surface area contributed by atoms with E-state index in [1.54, 1.807) is 0 Å². The first-order valence-corrected chi connectivity index (χ1v) is 15.3. The van der Waals surface area contributed by atoms with Crippen molar-refractivity contribution in [3.8, 4) is 50.4 Å². The van der Waals surface area contributed by atoms with Crippen molar-refractivity contribution in [3.05, 3.63) is 151 Å². The van der Waals surface area contributed by atoms with Gasteiger partial charge in [-0.05, 0) is 35.3 Å². The molecule has 9 rings (SSSR count). The predicted octanol–water partition coefficient (Wildman–Crippen LogP) is 10.2. The van der Waals surface area contributed by atoms with Gasteiger partial charge in [-0.1, -0.05) is 127 Å². The molecular formula is C40H25N5S. The van der Waals surface area contributed by atoms with Crippen LogP contribution in [0.2, 0.25) is 0 Å².